The van der Waals surface area contributed by atoms with Crippen LogP contribution in [0.5, 0.6) is 0 Å². The second-order valence-electron chi connectivity index (χ2n) is 3.52. The van der Waals surface area contributed by atoms with Crippen molar-refractivity contribution in [2.75, 3.05) is 19.6 Å². The molecule has 1 saturated heterocycles. The first kappa shape index (κ1) is 8.43. The summed E-state index contributed by atoms with van der Waals surface area (Å²) in [5.41, 5.74) is -0.161. The summed E-state index contributed by atoms with van der Waals surface area (Å²) >= 11 is 0. The van der Waals surface area contributed by atoms with Gasteiger partial charge in [0.15, 0.2) is 0 Å². The van der Waals surface area contributed by atoms with Crippen molar-refractivity contribution in [3.8, 4) is 0 Å². The minimum atomic E-state index is -3.48. The Labute approximate surface area is 72.1 Å². The summed E-state index contributed by atoms with van der Waals surface area (Å²) in [4.78, 5) is 0. The highest BCUT2D eigenvalue weighted by atomic mass is 32.2. The fourth-order valence-electron chi connectivity index (χ4n) is 1.79. The molecule has 0 amide bonds. The zero-order chi connectivity index (χ0) is 8.82. The first-order chi connectivity index (χ1) is 5.55. The smallest absolute Gasteiger partial charge is 0.277 e. The normalized spacial score (nSPS) is 29.1. The van der Waals surface area contributed by atoms with E-state index in [0.29, 0.717) is 13.1 Å². The van der Waals surface area contributed by atoms with Gasteiger partial charge in [-0.1, -0.05) is 0 Å². The summed E-state index contributed by atoms with van der Waals surface area (Å²) in [5, 5.41) is 8.27. The van der Waals surface area contributed by atoms with Gasteiger partial charge in [-0.15, -0.1) is 0 Å². The van der Waals surface area contributed by atoms with Gasteiger partial charge in [-0.25, -0.2) is 5.14 Å². The Balaban J connectivity index is 2.23. The number of nitrogens with zero attached hydrogens (tertiary/aromatic N) is 1. The van der Waals surface area contributed by atoms with Gasteiger partial charge in [0.2, 0.25) is 0 Å². The Morgan fingerprint density at radius 2 is 2.08 bits per heavy atom. The lowest BCUT2D eigenvalue weighted by Gasteiger charge is -2.33. The van der Waals surface area contributed by atoms with E-state index < -0.39 is 10.2 Å². The third-order valence-electron chi connectivity index (χ3n) is 2.61. The minimum absolute atomic E-state index is 0.161. The summed E-state index contributed by atoms with van der Waals surface area (Å²) in [5.74, 6) is 0. The Hall–Kier alpha value is -0.170. The number of hydrogen-bond acceptors (Lipinski definition) is 3. The molecule has 2 fully saturated rings. The molecule has 0 unspecified atom stereocenters. The van der Waals surface area contributed by atoms with Crippen molar-refractivity contribution in [3.63, 3.8) is 0 Å². The molecule has 0 aromatic carbocycles. The molecule has 1 aliphatic carbocycles. The maximum absolute atomic E-state index is 11.1. The summed E-state index contributed by atoms with van der Waals surface area (Å²) in [6, 6.07) is 0. The van der Waals surface area contributed by atoms with Crippen LogP contribution in [0.3, 0.4) is 0 Å². The van der Waals surface area contributed by atoms with Gasteiger partial charge in [-0.05, 0) is 12.8 Å². The second kappa shape index (κ2) is 2.41. The largest absolute Gasteiger partial charge is 0.314 e. The van der Waals surface area contributed by atoms with Crippen LogP contribution in [-0.2, 0) is 10.2 Å². The maximum Gasteiger partial charge on any atom is 0.277 e. The van der Waals surface area contributed by atoms with Crippen LogP contribution in [-0.4, -0.2) is 37.9 Å². The van der Waals surface area contributed by atoms with Gasteiger partial charge < -0.3 is 5.32 Å². The van der Waals surface area contributed by atoms with Crippen LogP contribution in [0, 0.1) is 0 Å². The second-order valence-corrected chi connectivity index (χ2v) is 4.99. The van der Waals surface area contributed by atoms with E-state index in [1.165, 1.54) is 4.31 Å². The predicted molar refractivity (Wildman–Crippen MR) is 44.6 cm³/mol. The van der Waals surface area contributed by atoms with Crippen LogP contribution in [0.15, 0.2) is 0 Å². The molecular formula is C6H13N3O2S. The first-order valence-corrected chi connectivity index (χ1v) is 5.56. The molecule has 0 aromatic heterocycles. The van der Waals surface area contributed by atoms with Crippen molar-refractivity contribution < 1.29 is 8.42 Å². The van der Waals surface area contributed by atoms with E-state index in [4.69, 9.17) is 5.14 Å². The third kappa shape index (κ3) is 1.24. The van der Waals surface area contributed by atoms with Gasteiger partial charge >= 0.3 is 0 Å². The van der Waals surface area contributed by atoms with Crippen molar-refractivity contribution in [2.24, 2.45) is 5.14 Å². The Morgan fingerprint density at radius 1 is 1.42 bits per heavy atom. The Kier molecular flexibility index (Phi) is 1.69. The molecule has 0 bridgehead atoms. The van der Waals surface area contributed by atoms with Crippen molar-refractivity contribution in [3.05, 3.63) is 0 Å². The molecule has 3 N–H and O–H groups in total. The van der Waals surface area contributed by atoms with Crippen LogP contribution < -0.4 is 10.5 Å². The molecule has 1 spiro atoms. The van der Waals surface area contributed by atoms with Crippen molar-refractivity contribution in [2.45, 2.75) is 18.4 Å². The summed E-state index contributed by atoms with van der Waals surface area (Å²) in [6.45, 7) is 1.97. The molecule has 2 rings (SSSR count). The topological polar surface area (TPSA) is 75.4 Å². The Bertz CT molecular complexity index is 283. The lowest BCUT2D eigenvalue weighted by Crippen LogP contribution is -2.57. The summed E-state index contributed by atoms with van der Waals surface area (Å²) in [6.07, 6.45) is 1.88. The lowest BCUT2D eigenvalue weighted by molar-refractivity contribution is 0.249. The van der Waals surface area contributed by atoms with Crippen LogP contribution in [0.4, 0.5) is 0 Å². The molecule has 2 aliphatic rings. The van der Waals surface area contributed by atoms with Crippen molar-refractivity contribution >= 4 is 10.2 Å². The molecule has 1 saturated carbocycles. The number of nitrogens with two attached hydrogens (primary N) is 1. The number of piperazine rings is 1. The summed E-state index contributed by atoms with van der Waals surface area (Å²) < 4.78 is 23.7. The number of rotatable bonds is 1. The minimum Gasteiger partial charge on any atom is -0.314 e. The number of hydrogen-bond donors (Lipinski definition) is 2. The highest BCUT2D eigenvalue weighted by Crippen LogP contribution is 2.43. The van der Waals surface area contributed by atoms with Crippen LogP contribution in [0.25, 0.3) is 0 Å². The molecule has 0 radical (unpaired) electrons. The van der Waals surface area contributed by atoms with E-state index >= 15 is 0 Å². The van der Waals surface area contributed by atoms with Gasteiger partial charge in [-0.2, -0.15) is 12.7 Å². The van der Waals surface area contributed by atoms with E-state index in [2.05, 4.69) is 5.32 Å². The predicted octanol–water partition coefficient (Wildman–Crippen LogP) is -1.37. The average molecular weight is 191 g/mol. The van der Waals surface area contributed by atoms with E-state index in [-0.39, 0.29) is 5.54 Å². The van der Waals surface area contributed by atoms with Gasteiger partial charge in [0, 0.05) is 25.2 Å². The molecule has 70 valence electrons. The molecular weight excluding hydrogens is 178 g/mol. The molecule has 5 nitrogen and oxygen atoms in total. The highest BCUT2D eigenvalue weighted by molar-refractivity contribution is 7.86. The quantitative estimate of drug-likeness (QED) is 0.537. The van der Waals surface area contributed by atoms with Crippen LogP contribution in [0.2, 0.25) is 0 Å². The average Bonchev–Trinajstić information content (AvgIpc) is 2.68. The van der Waals surface area contributed by atoms with E-state index in [0.717, 1.165) is 19.4 Å². The Morgan fingerprint density at radius 3 is 2.50 bits per heavy atom. The van der Waals surface area contributed by atoms with Crippen molar-refractivity contribution in [1.82, 2.24) is 9.62 Å². The van der Waals surface area contributed by atoms with Gasteiger partial charge in [0.1, 0.15) is 0 Å². The lowest BCUT2D eigenvalue weighted by atomic mass is 10.2. The van der Waals surface area contributed by atoms with Gasteiger partial charge in [0.25, 0.3) is 10.2 Å². The molecule has 6 heteroatoms. The monoisotopic (exact) mass is 191 g/mol. The van der Waals surface area contributed by atoms with Gasteiger partial charge in [-0.3, -0.25) is 0 Å². The fraction of sp³-hybridized carbons (Fsp3) is 1.00. The maximum atomic E-state index is 11.1. The van der Waals surface area contributed by atoms with E-state index in [1.54, 1.807) is 0 Å². The summed E-state index contributed by atoms with van der Waals surface area (Å²) in [7, 11) is -3.48. The van der Waals surface area contributed by atoms with Gasteiger partial charge in [0.05, 0.1) is 0 Å². The molecule has 0 atom stereocenters. The van der Waals surface area contributed by atoms with Crippen molar-refractivity contribution in [1.29, 1.82) is 0 Å². The van der Waals surface area contributed by atoms with E-state index in [1.807, 2.05) is 0 Å². The molecule has 1 heterocycles. The fourth-order valence-corrected chi connectivity index (χ4v) is 2.93. The zero-order valence-corrected chi connectivity index (χ0v) is 7.60. The SMILES string of the molecule is NS(=O)(=O)N1CCNCC12CC2. The standard InChI is InChI=1S/C6H13N3O2S/c7-12(10,11)9-4-3-8-5-6(9)1-2-6/h8H,1-5H2,(H2,7,10,11). The molecule has 0 aromatic rings. The first-order valence-electron chi connectivity index (χ1n) is 4.06. The van der Waals surface area contributed by atoms with Crippen LogP contribution >= 0.6 is 0 Å². The highest BCUT2D eigenvalue weighted by Gasteiger charge is 2.53. The zero-order valence-electron chi connectivity index (χ0n) is 6.78. The third-order valence-corrected chi connectivity index (χ3v) is 3.79. The number of nitrogens with one attached hydrogen (secondary N) is 1. The molecule has 12 heavy (non-hydrogen) atoms. The van der Waals surface area contributed by atoms with Crippen LogP contribution in [0.1, 0.15) is 12.8 Å². The molecule has 1 aliphatic heterocycles. The van der Waals surface area contributed by atoms with E-state index in [9.17, 15) is 8.42 Å².